The zero-order chi connectivity index (χ0) is 14.0. The van der Waals surface area contributed by atoms with Crippen molar-refractivity contribution in [2.45, 2.75) is 0 Å². The van der Waals surface area contributed by atoms with Crippen LogP contribution in [0.4, 0.5) is 6.01 Å². The lowest BCUT2D eigenvalue weighted by atomic mass is 10.2. The summed E-state index contributed by atoms with van der Waals surface area (Å²) in [5, 5.41) is 9.23. The molecule has 0 saturated carbocycles. The van der Waals surface area contributed by atoms with Gasteiger partial charge in [-0.15, -0.1) is 0 Å². The maximum absolute atomic E-state index is 12.1. The molecule has 1 heterocycles. The van der Waals surface area contributed by atoms with Crippen LogP contribution in [0.15, 0.2) is 34.9 Å². The Hall–Kier alpha value is -2.34. The van der Waals surface area contributed by atoms with E-state index >= 15 is 0 Å². The third-order valence-corrected chi connectivity index (χ3v) is 2.64. The van der Waals surface area contributed by atoms with Crippen molar-refractivity contribution in [3.8, 4) is 0 Å². The van der Waals surface area contributed by atoms with E-state index in [2.05, 4.69) is 4.98 Å². The van der Waals surface area contributed by atoms with Crippen LogP contribution in [0.1, 0.15) is 20.9 Å². The Morgan fingerprint density at radius 1 is 1.32 bits per heavy atom. The molecule has 19 heavy (non-hydrogen) atoms. The molecule has 1 aromatic heterocycles. The molecule has 1 N–H and O–H groups in total. The van der Waals surface area contributed by atoms with Gasteiger partial charge in [0.15, 0.2) is 0 Å². The predicted octanol–water partition coefficient (Wildman–Crippen LogP) is 2.30. The van der Waals surface area contributed by atoms with Crippen LogP contribution >= 0.6 is 11.6 Å². The molecule has 0 spiro atoms. The molecular formula is C12H9ClN2O4. The van der Waals surface area contributed by atoms with Gasteiger partial charge in [-0.1, -0.05) is 11.6 Å². The molecule has 0 aliphatic carbocycles. The van der Waals surface area contributed by atoms with E-state index in [4.69, 9.17) is 21.1 Å². The Labute approximate surface area is 113 Å². The Bertz CT molecular complexity index is 621. The van der Waals surface area contributed by atoms with Crippen molar-refractivity contribution >= 4 is 29.5 Å². The molecule has 0 aliphatic heterocycles. The third-order valence-electron chi connectivity index (χ3n) is 2.39. The number of benzene rings is 1. The fourth-order valence-corrected chi connectivity index (χ4v) is 1.52. The Morgan fingerprint density at radius 3 is 2.47 bits per heavy atom. The minimum atomic E-state index is -1.24. The second-order valence-electron chi connectivity index (χ2n) is 3.68. The molecule has 2 aromatic rings. The lowest BCUT2D eigenvalue weighted by Crippen LogP contribution is -2.26. The predicted molar refractivity (Wildman–Crippen MR) is 67.6 cm³/mol. The molecule has 1 amide bonds. The average molecular weight is 281 g/mol. The van der Waals surface area contributed by atoms with E-state index in [1.165, 1.54) is 7.05 Å². The van der Waals surface area contributed by atoms with Gasteiger partial charge in [0.1, 0.15) is 0 Å². The van der Waals surface area contributed by atoms with Crippen molar-refractivity contribution in [3.05, 3.63) is 46.8 Å². The second kappa shape index (κ2) is 5.11. The summed E-state index contributed by atoms with van der Waals surface area (Å²) >= 11 is 5.73. The number of oxazole rings is 1. The highest BCUT2D eigenvalue weighted by atomic mass is 35.5. The Kier molecular flexibility index (Phi) is 3.52. The molecule has 0 saturated heterocycles. The molecule has 2 rings (SSSR count). The van der Waals surface area contributed by atoms with Gasteiger partial charge in [-0.05, 0) is 24.3 Å². The Morgan fingerprint density at radius 2 is 1.95 bits per heavy atom. The molecule has 0 bridgehead atoms. The van der Waals surface area contributed by atoms with Crippen LogP contribution < -0.4 is 4.90 Å². The van der Waals surface area contributed by atoms with E-state index in [0.29, 0.717) is 10.6 Å². The topological polar surface area (TPSA) is 83.6 Å². The van der Waals surface area contributed by atoms with Gasteiger partial charge >= 0.3 is 12.0 Å². The number of rotatable bonds is 3. The highest BCUT2D eigenvalue weighted by Gasteiger charge is 2.19. The second-order valence-corrected chi connectivity index (χ2v) is 4.12. The molecule has 0 radical (unpaired) electrons. The van der Waals surface area contributed by atoms with Crippen LogP contribution in [-0.2, 0) is 0 Å². The normalized spacial score (nSPS) is 10.2. The van der Waals surface area contributed by atoms with E-state index in [1.54, 1.807) is 24.3 Å². The zero-order valence-corrected chi connectivity index (χ0v) is 10.6. The lowest BCUT2D eigenvalue weighted by molar-refractivity contribution is 0.0662. The molecule has 6 nitrogen and oxygen atoms in total. The first kappa shape index (κ1) is 13.1. The summed E-state index contributed by atoms with van der Waals surface area (Å²) < 4.78 is 4.94. The maximum atomic E-state index is 12.1. The highest BCUT2D eigenvalue weighted by Crippen LogP contribution is 2.17. The van der Waals surface area contributed by atoms with Gasteiger partial charge in [-0.3, -0.25) is 9.69 Å². The average Bonchev–Trinajstić information content (AvgIpc) is 2.87. The number of hydrogen-bond acceptors (Lipinski definition) is 4. The number of carbonyl (C=O) groups is 2. The molecule has 1 aromatic carbocycles. The van der Waals surface area contributed by atoms with Crippen LogP contribution in [0.25, 0.3) is 0 Å². The first-order chi connectivity index (χ1) is 8.99. The Balaban J connectivity index is 2.22. The molecule has 0 aliphatic rings. The van der Waals surface area contributed by atoms with E-state index in [1.807, 2.05) is 0 Å². The van der Waals surface area contributed by atoms with Crippen molar-refractivity contribution in [3.63, 3.8) is 0 Å². The van der Waals surface area contributed by atoms with Crippen LogP contribution in [0.2, 0.25) is 5.02 Å². The number of halogens is 1. The molecular weight excluding hydrogens is 272 g/mol. The zero-order valence-electron chi connectivity index (χ0n) is 9.83. The standard InChI is InChI=1S/C12H9ClN2O4/c1-15(12-14-6-9(19-12)11(17)18)10(16)7-2-4-8(13)5-3-7/h2-6H,1H3,(H,17,18). The van der Waals surface area contributed by atoms with Gasteiger partial charge in [0, 0.05) is 17.6 Å². The van der Waals surface area contributed by atoms with E-state index in [0.717, 1.165) is 11.1 Å². The first-order valence-corrected chi connectivity index (χ1v) is 5.59. The van der Waals surface area contributed by atoms with Crippen molar-refractivity contribution in [1.82, 2.24) is 4.98 Å². The summed E-state index contributed by atoms with van der Waals surface area (Å²) in [7, 11) is 1.44. The fraction of sp³-hybridized carbons (Fsp3) is 0.0833. The van der Waals surface area contributed by atoms with Gasteiger partial charge in [0.2, 0.25) is 5.76 Å². The summed E-state index contributed by atoms with van der Waals surface area (Å²) in [6.45, 7) is 0. The minimum Gasteiger partial charge on any atom is -0.475 e. The van der Waals surface area contributed by atoms with Crippen molar-refractivity contribution in [2.75, 3.05) is 11.9 Å². The molecule has 0 unspecified atom stereocenters. The number of aromatic carboxylic acids is 1. The van der Waals surface area contributed by atoms with Gasteiger partial charge in [-0.25, -0.2) is 9.78 Å². The molecule has 7 heteroatoms. The number of carbonyl (C=O) groups excluding carboxylic acids is 1. The number of amides is 1. The van der Waals surface area contributed by atoms with Crippen LogP contribution in [0.5, 0.6) is 0 Å². The first-order valence-electron chi connectivity index (χ1n) is 5.22. The number of anilines is 1. The van der Waals surface area contributed by atoms with Crippen molar-refractivity contribution in [1.29, 1.82) is 0 Å². The van der Waals surface area contributed by atoms with Gasteiger partial charge < -0.3 is 9.52 Å². The molecule has 0 atom stereocenters. The van der Waals surface area contributed by atoms with Crippen molar-refractivity contribution < 1.29 is 19.1 Å². The van der Waals surface area contributed by atoms with Gasteiger partial charge in [0.25, 0.3) is 5.91 Å². The van der Waals surface area contributed by atoms with Crippen molar-refractivity contribution in [2.24, 2.45) is 0 Å². The largest absolute Gasteiger partial charge is 0.475 e. The maximum Gasteiger partial charge on any atom is 0.373 e. The monoisotopic (exact) mass is 280 g/mol. The van der Waals surface area contributed by atoms with Crippen LogP contribution in [0.3, 0.4) is 0 Å². The SMILES string of the molecule is CN(C(=O)c1ccc(Cl)cc1)c1ncc(C(=O)O)o1. The summed E-state index contributed by atoms with van der Waals surface area (Å²) in [6, 6.07) is 6.20. The van der Waals surface area contributed by atoms with E-state index in [9.17, 15) is 9.59 Å². The number of hydrogen-bond donors (Lipinski definition) is 1. The molecule has 0 fully saturated rings. The summed E-state index contributed by atoms with van der Waals surface area (Å²) in [4.78, 5) is 27.6. The van der Waals surface area contributed by atoms with Gasteiger partial charge in [0.05, 0.1) is 6.20 Å². The number of carboxylic acids is 1. The van der Waals surface area contributed by atoms with E-state index in [-0.39, 0.29) is 17.7 Å². The fourth-order valence-electron chi connectivity index (χ4n) is 1.39. The summed E-state index contributed by atoms with van der Waals surface area (Å²) in [6.07, 6.45) is 1.04. The van der Waals surface area contributed by atoms with Crippen LogP contribution in [-0.4, -0.2) is 29.0 Å². The smallest absolute Gasteiger partial charge is 0.373 e. The number of nitrogens with zero attached hydrogens (tertiary/aromatic N) is 2. The third kappa shape index (κ3) is 2.74. The minimum absolute atomic E-state index is 0.0858. The quantitative estimate of drug-likeness (QED) is 0.932. The summed E-state index contributed by atoms with van der Waals surface area (Å²) in [5.41, 5.74) is 0.391. The number of aromatic nitrogens is 1. The van der Waals surface area contributed by atoms with E-state index < -0.39 is 5.97 Å². The number of carboxylic acid groups (broad SMARTS) is 1. The van der Waals surface area contributed by atoms with Crippen LogP contribution in [0, 0.1) is 0 Å². The van der Waals surface area contributed by atoms with Gasteiger partial charge in [-0.2, -0.15) is 0 Å². The molecule has 98 valence electrons. The highest BCUT2D eigenvalue weighted by molar-refractivity contribution is 6.30. The summed E-state index contributed by atoms with van der Waals surface area (Å²) in [5.74, 6) is -1.95. The lowest BCUT2D eigenvalue weighted by Gasteiger charge is -2.12.